The largest absolute Gasteiger partial charge is 0.433 e. The molecule has 8 nitrogen and oxygen atoms in total. The molecule has 12 heteroatoms. The molecule has 38 heavy (non-hydrogen) atoms. The van der Waals surface area contributed by atoms with Gasteiger partial charge < -0.3 is 11.1 Å². The normalized spacial score (nSPS) is 12.1. The third-order valence-corrected chi connectivity index (χ3v) is 6.98. The van der Waals surface area contributed by atoms with E-state index >= 15 is 0 Å². The van der Waals surface area contributed by atoms with Crippen molar-refractivity contribution in [1.82, 2.24) is 20.3 Å². The smallest absolute Gasteiger partial charge is 0.384 e. The molecule has 3 aromatic heterocycles. The molecule has 0 radical (unpaired) electrons. The van der Waals surface area contributed by atoms with Gasteiger partial charge in [-0.05, 0) is 66.9 Å². The molecule has 4 aromatic rings. The molecule has 0 spiro atoms. The van der Waals surface area contributed by atoms with Gasteiger partial charge in [0.05, 0.1) is 10.4 Å². The Hall–Kier alpha value is -4.06. The number of fused-ring (bicyclic) bond motifs is 1. The quantitative estimate of drug-likeness (QED) is 0.374. The predicted molar refractivity (Wildman–Crippen MR) is 136 cm³/mol. The number of aromatic nitrogens is 3. The number of nitrogens with zero attached hydrogens (tertiary/aromatic N) is 3. The van der Waals surface area contributed by atoms with Crippen molar-refractivity contribution in [3.8, 4) is 0 Å². The first-order valence-electron chi connectivity index (χ1n) is 11.4. The summed E-state index contributed by atoms with van der Waals surface area (Å²) in [6, 6.07) is 9.44. The van der Waals surface area contributed by atoms with Gasteiger partial charge in [0.1, 0.15) is 5.82 Å². The maximum atomic E-state index is 13.5. The van der Waals surface area contributed by atoms with Crippen molar-refractivity contribution in [2.24, 2.45) is 0 Å². The van der Waals surface area contributed by atoms with Crippen LogP contribution >= 0.6 is 0 Å². The SMILES string of the molecule is Cc1cnc2c(S(C)(=O)=O)cc(Cc3cc(C(=O)NCc4c(C)cc(N)nc4C(F)(F)F)ccn3)cc2c1. The molecular weight excluding hydrogens is 519 g/mol. The van der Waals surface area contributed by atoms with Gasteiger partial charge in [-0.1, -0.05) is 0 Å². The molecule has 0 aliphatic carbocycles. The Balaban J connectivity index is 1.59. The molecule has 3 heterocycles. The second-order valence-corrected chi connectivity index (χ2v) is 11.0. The average Bonchev–Trinajstić information content (AvgIpc) is 2.81. The Morgan fingerprint density at radius 1 is 1.08 bits per heavy atom. The van der Waals surface area contributed by atoms with Gasteiger partial charge in [0.15, 0.2) is 15.5 Å². The van der Waals surface area contributed by atoms with E-state index in [4.69, 9.17) is 5.73 Å². The van der Waals surface area contributed by atoms with Crippen LogP contribution in [0.25, 0.3) is 10.9 Å². The lowest BCUT2D eigenvalue weighted by Crippen LogP contribution is -2.26. The molecule has 0 unspecified atom stereocenters. The number of halogens is 3. The number of hydrogen-bond acceptors (Lipinski definition) is 7. The monoisotopic (exact) mass is 543 g/mol. The van der Waals surface area contributed by atoms with Crippen molar-refractivity contribution in [2.45, 2.75) is 37.9 Å². The van der Waals surface area contributed by atoms with Gasteiger partial charge in [-0.25, -0.2) is 13.4 Å². The van der Waals surface area contributed by atoms with Gasteiger partial charge in [0.25, 0.3) is 5.91 Å². The first-order chi connectivity index (χ1) is 17.7. The average molecular weight is 544 g/mol. The zero-order chi connectivity index (χ0) is 27.8. The van der Waals surface area contributed by atoms with Gasteiger partial charge in [-0.15, -0.1) is 0 Å². The van der Waals surface area contributed by atoms with E-state index < -0.39 is 34.2 Å². The van der Waals surface area contributed by atoms with Crippen LogP contribution in [0.3, 0.4) is 0 Å². The number of amides is 1. The highest BCUT2D eigenvalue weighted by atomic mass is 32.2. The number of alkyl halides is 3. The van der Waals surface area contributed by atoms with E-state index in [0.29, 0.717) is 22.2 Å². The Labute approximate surface area is 217 Å². The van der Waals surface area contributed by atoms with Crippen LogP contribution in [-0.2, 0) is 29.0 Å². The highest BCUT2D eigenvalue weighted by molar-refractivity contribution is 7.91. The van der Waals surface area contributed by atoms with E-state index in [0.717, 1.165) is 11.8 Å². The summed E-state index contributed by atoms with van der Waals surface area (Å²) in [5.74, 6) is -0.865. The zero-order valence-corrected chi connectivity index (χ0v) is 21.5. The van der Waals surface area contributed by atoms with E-state index in [1.54, 1.807) is 6.20 Å². The van der Waals surface area contributed by atoms with E-state index in [1.165, 1.54) is 37.4 Å². The fourth-order valence-electron chi connectivity index (χ4n) is 4.15. The number of benzene rings is 1. The summed E-state index contributed by atoms with van der Waals surface area (Å²) in [7, 11) is -3.57. The Morgan fingerprint density at radius 3 is 2.50 bits per heavy atom. The molecule has 3 N–H and O–H groups in total. The summed E-state index contributed by atoms with van der Waals surface area (Å²) >= 11 is 0. The van der Waals surface area contributed by atoms with Crippen LogP contribution in [0, 0.1) is 13.8 Å². The molecule has 1 amide bonds. The second kappa shape index (κ2) is 10.0. The number of hydrogen-bond donors (Lipinski definition) is 2. The van der Waals surface area contributed by atoms with Crippen molar-refractivity contribution in [2.75, 3.05) is 12.0 Å². The van der Waals surface area contributed by atoms with E-state index in [9.17, 15) is 26.4 Å². The molecule has 0 saturated carbocycles. The molecule has 1 aromatic carbocycles. The number of rotatable bonds is 6. The van der Waals surface area contributed by atoms with Crippen molar-refractivity contribution in [3.05, 3.63) is 88.0 Å². The number of nitrogens with two attached hydrogens (primary N) is 1. The second-order valence-electron chi connectivity index (χ2n) is 9.03. The van der Waals surface area contributed by atoms with E-state index in [1.807, 2.05) is 19.1 Å². The van der Waals surface area contributed by atoms with Crippen LogP contribution in [0.4, 0.5) is 19.0 Å². The molecule has 0 atom stereocenters. The first-order valence-corrected chi connectivity index (χ1v) is 13.3. The number of nitrogen functional groups attached to an aromatic ring is 1. The summed E-state index contributed by atoms with van der Waals surface area (Å²) in [5.41, 5.74) is 6.95. The summed E-state index contributed by atoms with van der Waals surface area (Å²) in [4.78, 5) is 24.9. The molecule has 0 aliphatic rings. The molecule has 198 valence electrons. The zero-order valence-electron chi connectivity index (χ0n) is 20.7. The van der Waals surface area contributed by atoms with Crippen LogP contribution in [0.15, 0.2) is 53.7 Å². The molecule has 4 rings (SSSR count). The lowest BCUT2D eigenvalue weighted by molar-refractivity contribution is -0.141. The minimum atomic E-state index is -4.73. The lowest BCUT2D eigenvalue weighted by atomic mass is 10.0. The van der Waals surface area contributed by atoms with E-state index in [-0.39, 0.29) is 33.8 Å². The highest BCUT2D eigenvalue weighted by Crippen LogP contribution is 2.33. The summed E-state index contributed by atoms with van der Waals surface area (Å²) in [6.45, 7) is 2.91. The van der Waals surface area contributed by atoms with Crippen LogP contribution < -0.4 is 11.1 Å². The van der Waals surface area contributed by atoms with Gasteiger partial charge in [0.2, 0.25) is 0 Å². The number of aryl methyl sites for hydroxylation is 2. The number of nitrogens with one attached hydrogen (secondary N) is 1. The van der Waals surface area contributed by atoms with E-state index in [2.05, 4.69) is 20.3 Å². The number of carbonyl (C=O) groups is 1. The van der Waals surface area contributed by atoms with Gasteiger partial charge in [0, 0.05) is 53.8 Å². The number of anilines is 1. The van der Waals surface area contributed by atoms with Gasteiger partial charge in [-0.3, -0.25) is 14.8 Å². The first kappa shape index (κ1) is 27.0. The Bertz CT molecular complexity index is 1670. The van der Waals surface area contributed by atoms with Crippen LogP contribution in [0.2, 0.25) is 0 Å². The Morgan fingerprint density at radius 2 is 1.82 bits per heavy atom. The molecule has 0 bridgehead atoms. The third-order valence-electron chi connectivity index (χ3n) is 5.87. The summed E-state index contributed by atoms with van der Waals surface area (Å²) in [5, 5.41) is 3.16. The maximum absolute atomic E-state index is 13.5. The molecule has 0 aliphatic heterocycles. The van der Waals surface area contributed by atoms with Crippen molar-refractivity contribution >= 4 is 32.5 Å². The topological polar surface area (TPSA) is 128 Å². The van der Waals surface area contributed by atoms with Crippen LogP contribution in [0.1, 0.15) is 44.0 Å². The molecule has 0 saturated heterocycles. The third kappa shape index (κ3) is 5.91. The maximum Gasteiger partial charge on any atom is 0.433 e. The van der Waals surface area contributed by atoms with Crippen molar-refractivity contribution < 1.29 is 26.4 Å². The predicted octanol–water partition coefficient (Wildman–Crippen LogP) is 4.17. The Kier molecular flexibility index (Phi) is 7.11. The number of pyridine rings is 3. The minimum absolute atomic E-state index is 0.0897. The summed E-state index contributed by atoms with van der Waals surface area (Å²) < 4.78 is 65.2. The number of sulfone groups is 1. The number of carbonyl (C=O) groups excluding carboxylic acids is 1. The minimum Gasteiger partial charge on any atom is -0.384 e. The van der Waals surface area contributed by atoms with Gasteiger partial charge >= 0.3 is 6.18 Å². The molecule has 0 fully saturated rings. The summed E-state index contributed by atoms with van der Waals surface area (Å²) in [6.07, 6.45) is -0.403. The van der Waals surface area contributed by atoms with Crippen molar-refractivity contribution in [3.63, 3.8) is 0 Å². The lowest BCUT2D eigenvalue weighted by Gasteiger charge is -2.16. The molecular formula is C26H24F3N5O3S. The standard InChI is InChI=1S/C26H24F3N5O3S/c1-14-6-18-8-16(10-21(38(3,36)37)23(18)32-12-14)9-19-11-17(4-5-31-19)25(35)33-13-20-15(2)7-22(30)34-24(20)26(27,28)29/h4-8,10-12H,9,13H2,1-3H3,(H2,30,34)(H,33,35). The van der Waals surface area contributed by atoms with Crippen LogP contribution in [0.5, 0.6) is 0 Å². The highest BCUT2D eigenvalue weighted by Gasteiger charge is 2.36. The van der Waals surface area contributed by atoms with Crippen molar-refractivity contribution in [1.29, 1.82) is 0 Å². The van der Waals surface area contributed by atoms with Crippen LogP contribution in [-0.4, -0.2) is 35.5 Å². The fraction of sp³-hybridized carbons (Fsp3) is 0.231. The van der Waals surface area contributed by atoms with Gasteiger partial charge in [-0.2, -0.15) is 13.2 Å². The fourth-order valence-corrected chi connectivity index (χ4v) is 5.04.